The Morgan fingerprint density at radius 3 is 1.15 bits per heavy atom. The van der Waals surface area contributed by atoms with Gasteiger partial charge in [0.25, 0.3) is 0 Å². The van der Waals surface area contributed by atoms with Gasteiger partial charge in [-0.25, -0.2) is 0 Å². The molecule has 6 aromatic carbocycles. The third kappa shape index (κ3) is 4.17. The van der Waals surface area contributed by atoms with Gasteiger partial charge in [-0.3, -0.25) is 0 Å². The van der Waals surface area contributed by atoms with E-state index in [-0.39, 0.29) is 0 Å². The summed E-state index contributed by atoms with van der Waals surface area (Å²) in [4.78, 5) is 0. The van der Waals surface area contributed by atoms with Crippen LogP contribution in [0.5, 0.6) is 0 Å². The van der Waals surface area contributed by atoms with E-state index in [4.69, 9.17) is 0 Å². The second-order valence-corrected chi connectivity index (χ2v) is 11.1. The van der Waals surface area contributed by atoms with Crippen LogP contribution in [0.3, 0.4) is 0 Å². The van der Waals surface area contributed by atoms with Crippen LogP contribution in [0.1, 0.15) is 0 Å². The third-order valence-corrected chi connectivity index (χ3v) is 8.83. The summed E-state index contributed by atoms with van der Waals surface area (Å²) < 4.78 is 0. The van der Waals surface area contributed by atoms with Crippen molar-refractivity contribution in [2.24, 2.45) is 0 Å². The first kappa shape index (κ1) is 21.2. The van der Waals surface area contributed by atoms with Crippen molar-refractivity contribution < 1.29 is 0 Å². The molecule has 162 valence electrons. The van der Waals surface area contributed by atoms with Crippen molar-refractivity contribution in [2.75, 3.05) is 0 Å². The zero-order chi connectivity index (χ0) is 22.7. The fourth-order valence-corrected chi connectivity index (χ4v) is 7.09. The molecule has 2 atom stereocenters. The molecule has 2 unspecified atom stereocenters. The summed E-state index contributed by atoms with van der Waals surface area (Å²) in [5.41, 5.74) is 2.77. The molecule has 0 bridgehead atoms. The molecule has 0 heterocycles. The van der Waals surface area contributed by atoms with Gasteiger partial charge in [-0.1, -0.05) is 151 Å². The SMILES string of the molecule is c1ccc(Pc2ccc3ccccc3c2-c2c(Pc3ccccc3)ccc3ccccc23)cc1. The van der Waals surface area contributed by atoms with Gasteiger partial charge in [0.05, 0.1) is 0 Å². The Morgan fingerprint density at radius 1 is 0.324 bits per heavy atom. The average Bonchev–Trinajstić information content (AvgIpc) is 2.90. The predicted molar refractivity (Wildman–Crippen MR) is 155 cm³/mol. The van der Waals surface area contributed by atoms with Crippen molar-refractivity contribution in [3.05, 3.63) is 133 Å². The molecule has 0 fully saturated rings. The minimum Gasteiger partial charge on any atom is -0.0622 e. The van der Waals surface area contributed by atoms with E-state index in [9.17, 15) is 0 Å². The van der Waals surface area contributed by atoms with Crippen LogP contribution in [0.15, 0.2) is 133 Å². The van der Waals surface area contributed by atoms with Gasteiger partial charge in [0.15, 0.2) is 0 Å². The molecule has 34 heavy (non-hydrogen) atoms. The molecule has 0 nitrogen and oxygen atoms in total. The smallest absolute Gasteiger partial charge is 0.00150 e. The molecule has 0 radical (unpaired) electrons. The van der Waals surface area contributed by atoms with Crippen LogP contribution in [-0.4, -0.2) is 0 Å². The minimum atomic E-state index is 0.603. The number of fused-ring (bicyclic) bond motifs is 2. The lowest BCUT2D eigenvalue weighted by Crippen LogP contribution is -2.13. The fourth-order valence-electron chi connectivity index (χ4n) is 4.64. The first-order chi connectivity index (χ1) is 16.9. The normalized spacial score (nSPS) is 11.9. The first-order valence-corrected chi connectivity index (χ1v) is 13.5. The molecular formula is C32H24P2. The van der Waals surface area contributed by atoms with Crippen LogP contribution < -0.4 is 21.2 Å². The molecule has 0 N–H and O–H groups in total. The molecule has 6 aromatic rings. The van der Waals surface area contributed by atoms with Crippen LogP contribution in [0.2, 0.25) is 0 Å². The zero-order valence-electron chi connectivity index (χ0n) is 18.7. The van der Waals surface area contributed by atoms with E-state index in [1.54, 1.807) is 0 Å². The lowest BCUT2D eigenvalue weighted by molar-refractivity contribution is 1.73. The molecule has 2 heteroatoms. The van der Waals surface area contributed by atoms with Gasteiger partial charge >= 0.3 is 0 Å². The van der Waals surface area contributed by atoms with Gasteiger partial charge in [0.2, 0.25) is 0 Å². The summed E-state index contributed by atoms with van der Waals surface area (Å²) in [6, 6.07) is 48.7. The Bertz CT molecular complexity index is 1470. The summed E-state index contributed by atoms with van der Waals surface area (Å²) in [5.74, 6) is 0. The molecule has 6 rings (SSSR count). The van der Waals surface area contributed by atoms with E-state index in [0.717, 1.165) is 0 Å². The molecule has 0 amide bonds. The van der Waals surface area contributed by atoms with Crippen LogP contribution >= 0.6 is 17.2 Å². The number of rotatable bonds is 5. The van der Waals surface area contributed by atoms with Crippen molar-refractivity contribution in [2.45, 2.75) is 0 Å². The lowest BCUT2D eigenvalue weighted by Gasteiger charge is -2.20. The molecule has 0 aliphatic rings. The molecular weight excluding hydrogens is 446 g/mol. The zero-order valence-corrected chi connectivity index (χ0v) is 20.7. The largest absolute Gasteiger partial charge is 0.0622 e. The van der Waals surface area contributed by atoms with Crippen LogP contribution in [0, 0.1) is 0 Å². The summed E-state index contributed by atoms with van der Waals surface area (Å²) in [6.07, 6.45) is 0. The van der Waals surface area contributed by atoms with E-state index < -0.39 is 0 Å². The van der Waals surface area contributed by atoms with Crippen molar-refractivity contribution >= 4 is 59.9 Å². The number of hydrogen-bond donors (Lipinski definition) is 0. The minimum absolute atomic E-state index is 0.603. The van der Waals surface area contributed by atoms with Gasteiger partial charge in [0.1, 0.15) is 0 Å². The number of benzene rings is 6. The highest BCUT2D eigenvalue weighted by molar-refractivity contribution is 7.56. The van der Waals surface area contributed by atoms with E-state index in [1.165, 1.54) is 53.9 Å². The molecule has 0 aliphatic heterocycles. The lowest BCUT2D eigenvalue weighted by atomic mass is 9.94. The summed E-state index contributed by atoms with van der Waals surface area (Å²) in [6.45, 7) is 0. The van der Waals surface area contributed by atoms with Gasteiger partial charge in [-0.2, -0.15) is 0 Å². The van der Waals surface area contributed by atoms with E-state index in [0.29, 0.717) is 17.2 Å². The van der Waals surface area contributed by atoms with Crippen molar-refractivity contribution in [1.82, 2.24) is 0 Å². The van der Waals surface area contributed by atoms with Crippen LogP contribution in [0.4, 0.5) is 0 Å². The Morgan fingerprint density at radius 2 is 0.706 bits per heavy atom. The third-order valence-electron chi connectivity index (χ3n) is 6.21. The standard InChI is InChI=1S/C32H24P2/c1-3-13-25(14-4-1)33-29-21-19-23-11-7-9-17-27(23)31(29)32-28-18-10-8-12-24(28)20-22-30(32)34-26-15-5-2-6-16-26/h1-22,33-34H. The Hall–Kier alpha value is -3.30. The monoisotopic (exact) mass is 470 g/mol. The highest BCUT2D eigenvalue weighted by Crippen LogP contribution is 2.37. The predicted octanol–water partition coefficient (Wildman–Crippen LogP) is 6.92. The quantitative estimate of drug-likeness (QED) is 0.240. The van der Waals surface area contributed by atoms with E-state index in [2.05, 4.69) is 133 Å². The first-order valence-electron chi connectivity index (χ1n) is 11.5. The molecule has 0 aromatic heterocycles. The summed E-state index contributed by atoms with van der Waals surface area (Å²) in [5, 5.41) is 10.8. The van der Waals surface area contributed by atoms with Crippen molar-refractivity contribution in [3.63, 3.8) is 0 Å². The van der Waals surface area contributed by atoms with Crippen LogP contribution in [0.25, 0.3) is 32.7 Å². The molecule has 0 aliphatic carbocycles. The Labute approximate surface area is 204 Å². The highest BCUT2D eigenvalue weighted by atomic mass is 31.1. The molecule has 0 saturated heterocycles. The van der Waals surface area contributed by atoms with E-state index >= 15 is 0 Å². The van der Waals surface area contributed by atoms with Crippen molar-refractivity contribution in [3.8, 4) is 11.1 Å². The summed E-state index contributed by atoms with van der Waals surface area (Å²) >= 11 is 0. The summed E-state index contributed by atoms with van der Waals surface area (Å²) in [7, 11) is 1.21. The second kappa shape index (κ2) is 9.52. The molecule has 0 spiro atoms. The highest BCUT2D eigenvalue weighted by Gasteiger charge is 2.17. The maximum absolute atomic E-state index is 2.35. The Kier molecular flexibility index (Phi) is 5.95. The fraction of sp³-hybridized carbons (Fsp3) is 0. The maximum atomic E-state index is 2.35. The van der Waals surface area contributed by atoms with Crippen molar-refractivity contribution in [1.29, 1.82) is 0 Å². The van der Waals surface area contributed by atoms with Gasteiger partial charge < -0.3 is 0 Å². The van der Waals surface area contributed by atoms with Crippen LogP contribution in [-0.2, 0) is 0 Å². The average molecular weight is 470 g/mol. The second-order valence-electron chi connectivity index (χ2n) is 8.40. The van der Waals surface area contributed by atoms with Gasteiger partial charge in [0, 0.05) is 0 Å². The van der Waals surface area contributed by atoms with Gasteiger partial charge in [-0.15, -0.1) is 0 Å². The Balaban J connectivity index is 1.66. The van der Waals surface area contributed by atoms with Gasteiger partial charge in [-0.05, 0) is 53.9 Å². The maximum Gasteiger partial charge on any atom is -0.00150 e. The number of hydrogen-bond acceptors (Lipinski definition) is 0. The molecule has 0 saturated carbocycles. The topological polar surface area (TPSA) is 0 Å². The van der Waals surface area contributed by atoms with E-state index in [1.807, 2.05) is 0 Å².